The van der Waals surface area contributed by atoms with Crippen molar-refractivity contribution in [2.24, 2.45) is 0 Å². The van der Waals surface area contributed by atoms with Gasteiger partial charge in [0.25, 0.3) is 0 Å². The Morgan fingerprint density at radius 2 is 2.17 bits per heavy atom. The second kappa shape index (κ2) is 9.19. The molecule has 2 aromatic rings. The minimum atomic E-state index is -0.0749. The number of hydrogen-bond acceptors (Lipinski definition) is 4. The van der Waals surface area contributed by atoms with Crippen LogP contribution >= 0.6 is 23.1 Å². The predicted molar refractivity (Wildman–Crippen MR) is 98.4 cm³/mol. The average Bonchev–Trinajstić information content (AvgIpc) is 2.98. The Kier molecular flexibility index (Phi) is 6.92. The molecular formula is C18H18N2OS2. The van der Waals surface area contributed by atoms with Gasteiger partial charge in [-0.3, -0.25) is 4.79 Å². The van der Waals surface area contributed by atoms with Gasteiger partial charge in [0.1, 0.15) is 0 Å². The fourth-order valence-electron chi connectivity index (χ4n) is 1.94. The van der Waals surface area contributed by atoms with Gasteiger partial charge >= 0.3 is 0 Å². The van der Waals surface area contributed by atoms with Crippen molar-refractivity contribution in [3.8, 4) is 6.07 Å². The van der Waals surface area contributed by atoms with Gasteiger partial charge in [0.15, 0.2) is 0 Å². The number of hydrogen-bond donors (Lipinski definition) is 1. The van der Waals surface area contributed by atoms with E-state index >= 15 is 0 Å². The van der Waals surface area contributed by atoms with Crippen LogP contribution in [0.2, 0.25) is 0 Å². The maximum absolute atomic E-state index is 11.7. The average molecular weight is 342 g/mol. The molecule has 3 nitrogen and oxygen atoms in total. The zero-order chi connectivity index (χ0) is 16.5. The van der Waals surface area contributed by atoms with Crippen molar-refractivity contribution in [1.82, 2.24) is 5.32 Å². The lowest BCUT2D eigenvalue weighted by molar-refractivity contribution is -0.116. The van der Waals surface area contributed by atoms with Crippen LogP contribution in [-0.2, 0) is 10.5 Å². The molecule has 23 heavy (non-hydrogen) atoms. The van der Waals surface area contributed by atoms with E-state index in [0.717, 1.165) is 27.5 Å². The molecule has 0 spiro atoms. The SMILES string of the molecule is Cc1ccc(/C=C/C(=O)NCCSCc2ccccc2C#N)s1. The molecule has 1 amide bonds. The molecular weight excluding hydrogens is 324 g/mol. The standard InChI is InChI=1S/C18H18N2OS2/c1-14-6-7-17(23-14)8-9-18(21)20-10-11-22-13-16-5-3-2-4-15(16)12-19/h2-9H,10-11,13H2,1H3,(H,20,21)/b9-8+. The third kappa shape index (κ3) is 5.93. The molecule has 0 aliphatic carbocycles. The van der Waals surface area contributed by atoms with Crippen molar-refractivity contribution in [1.29, 1.82) is 5.26 Å². The highest BCUT2D eigenvalue weighted by Crippen LogP contribution is 2.16. The first-order chi connectivity index (χ1) is 11.2. The number of rotatable bonds is 7. The molecule has 0 saturated heterocycles. The molecule has 2 rings (SSSR count). The lowest BCUT2D eigenvalue weighted by Crippen LogP contribution is -2.23. The summed E-state index contributed by atoms with van der Waals surface area (Å²) in [5.74, 6) is 1.52. The van der Waals surface area contributed by atoms with Crippen LogP contribution in [-0.4, -0.2) is 18.2 Å². The van der Waals surface area contributed by atoms with Gasteiger partial charge in [-0.2, -0.15) is 17.0 Å². The first kappa shape index (κ1) is 17.3. The van der Waals surface area contributed by atoms with Gasteiger partial charge in [0.2, 0.25) is 5.91 Å². The van der Waals surface area contributed by atoms with Crippen molar-refractivity contribution in [2.45, 2.75) is 12.7 Å². The number of nitriles is 1. The van der Waals surface area contributed by atoms with Crippen molar-refractivity contribution >= 4 is 35.1 Å². The number of aryl methyl sites for hydroxylation is 1. The molecule has 0 aliphatic rings. The summed E-state index contributed by atoms with van der Waals surface area (Å²) in [5, 5.41) is 11.9. The Balaban J connectivity index is 1.66. The summed E-state index contributed by atoms with van der Waals surface area (Å²) in [6.07, 6.45) is 3.41. The number of thiophene rings is 1. The van der Waals surface area contributed by atoms with Gasteiger partial charge in [-0.1, -0.05) is 18.2 Å². The van der Waals surface area contributed by atoms with Gasteiger partial charge in [-0.25, -0.2) is 0 Å². The third-order valence-electron chi connectivity index (χ3n) is 3.10. The Bertz CT molecular complexity index is 729. The highest BCUT2D eigenvalue weighted by atomic mass is 32.2. The topological polar surface area (TPSA) is 52.9 Å². The van der Waals surface area contributed by atoms with E-state index < -0.39 is 0 Å². The Morgan fingerprint density at radius 1 is 1.35 bits per heavy atom. The summed E-state index contributed by atoms with van der Waals surface area (Å²) in [5.41, 5.74) is 1.76. The van der Waals surface area contributed by atoms with E-state index in [4.69, 9.17) is 5.26 Å². The van der Waals surface area contributed by atoms with E-state index in [2.05, 4.69) is 11.4 Å². The lowest BCUT2D eigenvalue weighted by Gasteiger charge is -2.04. The fourth-order valence-corrected chi connectivity index (χ4v) is 3.59. The lowest BCUT2D eigenvalue weighted by atomic mass is 10.1. The van der Waals surface area contributed by atoms with E-state index in [-0.39, 0.29) is 5.91 Å². The minimum Gasteiger partial charge on any atom is -0.352 e. The summed E-state index contributed by atoms with van der Waals surface area (Å²) in [4.78, 5) is 14.0. The summed E-state index contributed by atoms with van der Waals surface area (Å²) >= 11 is 3.37. The molecule has 0 fully saturated rings. The number of carbonyl (C=O) groups is 1. The molecule has 0 saturated carbocycles. The monoisotopic (exact) mass is 342 g/mol. The first-order valence-corrected chi connectivity index (χ1v) is 9.24. The molecule has 0 atom stereocenters. The molecule has 0 bridgehead atoms. The third-order valence-corrected chi connectivity index (χ3v) is 5.07. The van der Waals surface area contributed by atoms with Gasteiger partial charge in [-0.05, 0) is 36.8 Å². The number of thioether (sulfide) groups is 1. The number of nitrogens with one attached hydrogen (secondary N) is 1. The largest absolute Gasteiger partial charge is 0.352 e. The molecule has 1 N–H and O–H groups in total. The summed E-state index contributed by atoms with van der Waals surface area (Å²) in [7, 11) is 0. The molecule has 118 valence electrons. The summed E-state index contributed by atoms with van der Waals surface area (Å²) < 4.78 is 0. The Morgan fingerprint density at radius 3 is 2.91 bits per heavy atom. The number of amides is 1. The van der Waals surface area contributed by atoms with Crippen LogP contribution in [0.3, 0.4) is 0 Å². The molecule has 0 radical (unpaired) electrons. The van der Waals surface area contributed by atoms with Gasteiger partial charge in [0, 0.05) is 33.9 Å². The molecule has 1 aromatic carbocycles. The fraction of sp³-hybridized carbons (Fsp3) is 0.222. The summed E-state index contributed by atoms with van der Waals surface area (Å²) in [6.45, 7) is 2.66. The number of carbonyl (C=O) groups excluding carboxylic acids is 1. The van der Waals surface area contributed by atoms with E-state index in [1.807, 2.05) is 49.4 Å². The van der Waals surface area contributed by atoms with E-state index in [1.165, 1.54) is 4.88 Å². The Hall–Kier alpha value is -2.03. The molecule has 5 heteroatoms. The Labute approximate surface area is 145 Å². The minimum absolute atomic E-state index is 0.0749. The van der Waals surface area contributed by atoms with Crippen molar-refractivity contribution in [2.75, 3.05) is 12.3 Å². The maximum Gasteiger partial charge on any atom is 0.244 e. The van der Waals surface area contributed by atoms with Crippen molar-refractivity contribution in [3.05, 3.63) is 63.4 Å². The summed E-state index contributed by atoms with van der Waals surface area (Å²) in [6, 6.07) is 13.8. The van der Waals surface area contributed by atoms with Crippen LogP contribution < -0.4 is 5.32 Å². The highest BCUT2D eigenvalue weighted by molar-refractivity contribution is 7.98. The van der Waals surface area contributed by atoms with E-state index in [1.54, 1.807) is 29.2 Å². The highest BCUT2D eigenvalue weighted by Gasteiger charge is 2.01. The predicted octanol–water partition coefficient (Wildman–Crippen LogP) is 3.99. The van der Waals surface area contributed by atoms with Gasteiger partial charge in [0.05, 0.1) is 11.6 Å². The number of nitrogens with zero attached hydrogens (tertiary/aromatic N) is 1. The zero-order valence-electron chi connectivity index (χ0n) is 12.9. The first-order valence-electron chi connectivity index (χ1n) is 7.27. The smallest absolute Gasteiger partial charge is 0.244 e. The van der Waals surface area contributed by atoms with Crippen molar-refractivity contribution in [3.63, 3.8) is 0 Å². The quantitative estimate of drug-likeness (QED) is 0.611. The van der Waals surface area contributed by atoms with Gasteiger partial charge in [-0.15, -0.1) is 11.3 Å². The van der Waals surface area contributed by atoms with Crippen LogP contribution in [0, 0.1) is 18.3 Å². The van der Waals surface area contributed by atoms with E-state index in [9.17, 15) is 4.79 Å². The normalized spacial score (nSPS) is 10.6. The second-order valence-electron chi connectivity index (χ2n) is 4.89. The molecule has 0 aliphatic heterocycles. The van der Waals surface area contributed by atoms with Crippen LogP contribution in [0.25, 0.3) is 6.08 Å². The van der Waals surface area contributed by atoms with Gasteiger partial charge < -0.3 is 5.32 Å². The van der Waals surface area contributed by atoms with Crippen molar-refractivity contribution < 1.29 is 4.79 Å². The maximum atomic E-state index is 11.7. The molecule has 1 aromatic heterocycles. The number of benzene rings is 1. The molecule has 0 unspecified atom stereocenters. The zero-order valence-corrected chi connectivity index (χ0v) is 14.5. The van der Waals surface area contributed by atoms with Crippen LogP contribution in [0.15, 0.2) is 42.5 Å². The molecule has 1 heterocycles. The van der Waals surface area contributed by atoms with Crippen LogP contribution in [0.4, 0.5) is 0 Å². The van der Waals surface area contributed by atoms with Crippen LogP contribution in [0.1, 0.15) is 20.9 Å². The van der Waals surface area contributed by atoms with Crippen LogP contribution in [0.5, 0.6) is 0 Å². The van der Waals surface area contributed by atoms with E-state index in [0.29, 0.717) is 6.54 Å². The second-order valence-corrected chi connectivity index (χ2v) is 7.32.